The highest BCUT2D eigenvalue weighted by Crippen LogP contribution is 2.30. The number of amides is 1. The predicted molar refractivity (Wildman–Crippen MR) is 129 cm³/mol. The van der Waals surface area contributed by atoms with Crippen molar-refractivity contribution in [3.63, 3.8) is 0 Å². The van der Waals surface area contributed by atoms with Crippen molar-refractivity contribution >= 4 is 16.8 Å². The van der Waals surface area contributed by atoms with Crippen LogP contribution in [0.5, 0.6) is 0 Å². The number of hydrogen-bond acceptors (Lipinski definition) is 5. The highest BCUT2D eigenvalue weighted by Gasteiger charge is 2.20. The van der Waals surface area contributed by atoms with Crippen molar-refractivity contribution in [2.24, 2.45) is 0 Å². The van der Waals surface area contributed by atoms with Crippen LogP contribution in [0.25, 0.3) is 33.5 Å². The summed E-state index contributed by atoms with van der Waals surface area (Å²) in [6.07, 6.45) is 4.42. The van der Waals surface area contributed by atoms with E-state index in [9.17, 15) is 4.79 Å². The number of benzene rings is 2. The Hall–Kier alpha value is -3.52. The second kappa shape index (κ2) is 9.15. The van der Waals surface area contributed by atoms with Crippen LogP contribution in [0.4, 0.5) is 0 Å². The van der Waals surface area contributed by atoms with Crippen LogP contribution in [0.15, 0.2) is 42.5 Å². The minimum Gasteiger partial charge on any atom is -0.349 e. The van der Waals surface area contributed by atoms with Gasteiger partial charge >= 0.3 is 0 Å². The molecule has 170 valence electrons. The smallest absolute Gasteiger partial charge is 0.251 e. The summed E-state index contributed by atoms with van der Waals surface area (Å²) in [5.74, 6) is 1.49. The first-order chi connectivity index (χ1) is 16.1. The van der Waals surface area contributed by atoms with Crippen molar-refractivity contribution in [3.05, 3.63) is 53.9 Å². The Labute approximate surface area is 192 Å². The van der Waals surface area contributed by atoms with E-state index >= 15 is 0 Å². The Balaban J connectivity index is 1.42. The summed E-state index contributed by atoms with van der Waals surface area (Å²) in [7, 11) is 2.08. The summed E-state index contributed by atoms with van der Waals surface area (Å²) in [4.78, 5) is 19.5. The van der Waals surface area contributed by atoms with Crippen LogP contribution in [0, 0.1) is 0 Å². The Morgan fingerprint density at radius 2 is 2.00 bits per heavy atom. The van der Waals surface area contributed by atoms with Crippen LogP contribution in [-0.4, -0.2) is 55.8 Å². The lowest BCUT2D eigenvalue weighted by Gasteiger charge is -2.26. The summed E-state index contributed by atoms with van der Waals surface area (Å²) in [6, 6.07) is 14.0. The van der Waals surface area contributed by atoms with E-state index in [2.05, 4.69) is 55.6 Å². The Bertz CT molecular complexity index is 1270. The molecule has 3 N–H and O–H groups in total. The van der Waals surface area contributed by atoms with Crippen molar-refractivity contribution in [1.82, 2.24) is 35.6 Å². The lowest BCUT2D eigenvalue weighted by atomic mass is 9.93. The van der Waals surface area contributed by atoms with Gasteiger partial charge in [0.1, 0.15) is 5.82 Å². The van der Waals surface area contributed by atoms with Gasteiger partial charge in [-0.15, -0.1) is 0 Å². The summed E-state index contributed by atoms with van der Waals surface area (Å²) in [6.45, 7) is 3.91. The molecule has 1 aliphatic carbocycles. The maximum atomic E-state index is 12.6. The molecule has 4 aromatic rings. The fourth-order valence-electron chi connectivity index (χ4n) is 4.21. The van der Waals surface area contributed by atoms with Crippen molar-refractivity contribution < 1.29 is 4.79 Å². The number of fused-ring (bicyclic) bond motifs is 1. The highest BCUT2D eigenvalue weighted by molar-refractivity contribution is 5.99. The van der Waals surface area contributed by atoms with Crippen molar-refractivity contribution in [2.75, 3.05) is 13.6 Å². The summed E-state index contributed by atoms with van der Waals surface area (Å²) in [5, 5.41) is 19.2. The van der Waals surface area contributed by atoms with Crippen molar-refractivity contribution in [1.29, 1.82) is 0 Å². The molecule has 1 fully saturated rings. The van der Waals surface area contributed by atoms with Gasteiger partial charge in [0, 0.05) is 28.1 Å². The first-order valence-electron chi connectivity index (χ1n) is 11.6. The number of rotatable bonds is 8. The molecule has 0 atom stereocenters. The standard InChI is InChI=1S/C25H29N7O/c1-3-12-32(2)15-22-27-24(31-29-22)17-10-11-21-20(14-17)23(30-28-21)16-6-4-7-18(13-16)25(33)26-19-8-5-9-19/h4,6-7,10-11,13-14,19H,3,5,8-9,12,15H2,1-2H3,(H,26,33)(H,28,30)(H,27,29,31). The number of hydrogen-bond donors (Lipinski definition) is 3. The van der Waals surface area contributed by atoms with Gasteiger partial charge in [0.25, 0.3) is 5.91 Å². The molecule has 2 aromatic carbocycles. The fourth-order valence-corrected chi connectivity index (χ4v) is 4.21. The Kier molecular flexibility index (Phi) is 5.92. The third-order valence-corrected chi connectivity index (χ3v) is 6.22. The van der Waals surface area contributed by atoms with Crippen LogP contribution >= 0.6 is 0 Å². The van der Waals surface area contributed by atoms with Crippen LogP contribution in [-0.2, 0) is 6.54 Å². The van der Waals surface area contributed by atoms with Crippen LogP contribution in [0.1, 0.15) is 48.8 Å². The molecule has 0 spiro atoms. The van der Waals surface area contributed by atoms with Crippen LogP contribution in [0.2, 0.25) is 0 Å². The zero-order valence-electron chi connectivity index (χ0n) is 19.1. The van der Waals surface area contributed by atoms with Gasteiger partial charge < -0.3 is 5.32 Å². The molecule has 2 heterocycles. The first kappa shape index (κ1) is 21.3. The zero-order valence-corrected chi connectivity index (χ0v) is 19.1. The minimum absolute atomic E-state index is 0.0247. The van der Waals surface area contributed by atoms with E-state index in [0.29, 0.717) is 17.4 Å². The van der Waals surface area contributed by atoms with Crippen molar-refractivity contribution in [2.45, 2.75) is 45.2 Å². The van der Waals surface area contributed by atoms with Gasteiger partial charge in [0.05, 0.1) is 17.8 Å². The number of aromatic amines is 2. The molecule has 8 heteroatoms. The van der Waals surface area contributed by atoms with E-state index in [4.69, 9.17) is 0 Å². The molecule has 8 nitrogen and oxygen atoms in total. The van der Waals surface area contributed by atoms with Crippen LogP contribution in [0.3, 0.4) is 0 Å². The van der Waals surface area contributed by atoms with E-state index in [1.165, 1.54) is 6.42 Å². The third kappa shape index (κ3) is 4.52. The molecule has 1 amide bonds. The zero-order chi connectivity index (χ0) is 22.8. The van der Waals surface area contributed by atoms with Gasteiger partial charge in [0.15, 0.2) is 5.82 Å². The third-order valence-electron chi connectivity index (χ3n) is 6.22. The summed E-state index contributed by atoms with van der Waals surface area (Å²) in [5.41, 5.74) is 4.21. The number of carbonyl (C=O) groups excluding carboxylic acids is 1. The van der Waals surface area contributed by atoms with E-state index in [1.54, 1.807) is 0 Å². The molecule has 1 aliphatic rings. The fraction of sp³-hybridized carbons (Fsp3) is 0.360. The number of H-pyrrole nitrogens is 2. The Morgan fingerprint density at radius 3 is 2.79 bits per heavy atom. The summed E-state index contributed by atoms with van der Waals surface area (Å²) < 4.78 is 0. The monoisotopic (exact) mass is 443 g/mol. The van der Waals surface area contributed by atoms with Gasteiger partial charge in [-0.05, 0) is 69.6 Å². The SMILES string of the molecule is CCCN(C)Cc1nc(-c2ccc3[nH]nc(-c4cccc(C(=O)NC5CCC5)c4)c3c2)n[nH]1. The molecular weight excluding hydrogens is 414 g/mol. The van der Waals surface area contributed by atoms with Gasteiger partial charge in [-0.2, -0.15) is 10.2 Å². The number of nitrogens with one attached hydrogen (secondary N) is 3. The molecule has 0 unspecified atom stereocenters. The second-order valence-corrected chi connectivity index (χ2v) is 8.86. The average Bonchev–Trinajstić information content (AvgIpc) is 3.43. The molecule has 33 heavy (non-hydrogen) atoms. The van der Waals surface area contributed by atoms with Crippen molar-refractivity contribution in [3.8, 4) is 22.6 Å². The van der Waals surface area contributed by atoms with Gasteiger partial charge in [0.2, 0.25) is 0 Å². The quantitative estimate of drug-likeness (QED) is 0.380. The molecule has 0 saturated heterocycles. The number of aromatic nitrogens is 5. The lowest BCUT2D eigenvalue weighted by molar-refractivity contribution is 0.0917. The topological polar surface area (TPSA) is 103 Å². The van der Waals surface area contributed by atoms with Gasteiger partial charge in [-0.3, -0.25) is 19.9 Å². The predicted octanol–water partition coefficient (Wildman–Crippen LogP) is 4.14. The van der Waals surface area contributed by atoms with Gasteiger partial charge in [-0.25, -0.2) is 4.98 Å². The largest absolute Gasteiger partial charge is 0.349 e. The van der Waals surface area contributed by atoms with E-state index in [0.717, 1.165) is 65.9 Å². The maximum Gasteiger partial charge on any atom is 0.251 e. The maximum absolute atomic E-state index is 12.6. The highest BCUT2D eigenvalue weighted by atomic mass is 16.1. The molecule has 0 bridgehead atoms. The first-order valence-corrected chi connectivity index (χ1v) is 11.6. The van der Waals surface area contributed by atoms with E-state index in [-0.39, 0.29) is 5.91 Å². The molecular formula is C25H29N7O. The minimum atomic E-state index is -0.0247. The van der Waals surface area contributed by atoms with E-state index < -0.39 is 0 Å². The van der Waals surface area contributed by atoms with Crippen LogP contribution < -0.4 is 5.32 Å². The lowest BCUT2D eigenvalue weighted by Crippen LogP contribution is -2.39. The molecule has 0 aliphatic heterocycles. The molecule has 2 aromatic heterocycles. The van der Waals surface area contributed by atoms with E-state index in [1.807, 2.05) is 36.4 Å². The second-order valence-electron chi connectivity index (χ2n) is 8.86. The molecule has 1 saturated carbocycles. The number of nitrogens with zero attached hydrogens (tertiary/aromatic N) is 4. The summed E-state index contributed by atoms with van der Waals surface area (Å²) >= 11 is 0. The Morgan fingerprint density at radius 1 is 1.12 bits per heavy atom. The normalized spacial score (nSPS) is 14.0. The van der Waals surface area contributed by atoms with Gasteiger partial charge in [-0.1, -0.05) is 19.1 Å². The number of carbonyl (C=O) groups is 1. The molecule has 0 radical (unpaired) electrons. The average molecular weight is 444 g/mol. The molecule has 5 rings (SSSR count).